The number of benzene rings is 2. The highest BCUT2D eigenvalue weighted by Crippen LogP contribution is 2.40. The Hall–Kier alpha value is -2.92. The van der Waals surface area contributed by atoms with Gasteiger partial charge in [-0.2, -0.15) is 0 Å². The minimum absolute atomic E-state index is 0.202. The quantitative estimate of drug-likeness (QED) is 0.790. The van der Waals surface area contributed by atoms with Gasteiger partial charge in [-0.15, -0.1) is 0 Å². The van der Waals surface area contributed by atoms with E-state index in [1.165, 1.54) is 4.90 Å². The summed E-state index contributed by atoms with van der Waals surface area (Å²) < 4.78 is 0. The summed E-state index contributed by atoms with van der Waals surface area (Å²) in [4.78, 5) is 39.1. The van der Waals surface area contributed by atoms with E-state index in [0.717, 1.165) is 5.56 Å². The van der Waals surface area contributed by atoms with E-state index in [1.54, 1.807) is 24.3 Å². The van der Waals surface area contributed by atoms with Crippen LogP contribution in [0.3, 0.4) is 0 Å². The summed E-state index contributed by atoms with van der Waals surface area (Å²) in [6, 6.07) is 14.0. The number of carbonyl (C=O) groups excluding carboxylic acids is 3. The molecule has 0 unspecified atom stereocenters. The Morgan fingerprint density at radius 1 is 1.00 bits per heavy atom. The van der Waals surface area contributed by atoms with Crippen molar-refractivity contribution in [3.05, 3.63) is 70.8 Å². The topological polar surface area (TPSA) is 66.5 Å². The summed E-state index contributed by atoms with van der Waals surface area (Å²) >= 11 is 6.06. The Kier molecular flexibility index (Phi) is 4.77. The van der Waals surface area contributed by atoms with E-state index in [4.69, 9.17) is 11.6 Å². The smallest absolute Gasteiger partial charge is 0.255 e. The zero-order valence-electron chi connectivity index (χ0n) is 15.3. The van der Waals surface area contributed by atoms with Gasteiger partial charge in [0.15, 0.2) is 0 Å². The van der Waals surface area contributed by atoms with E-state index in [2.05, 4.69) is 5.32 Å². The molecule has 4 rings (SSSR count). The largest absolute Gasteiger partial charge is 0.322 e. The summed E-state index contributed by atoms with van der Waals surface area (Å²) in [5, 5.41) is 3.46. The molecule has 0 aromatic heterocycles. The van der Waals surface area contributed by atoms with Gasteiger partial charge in [-0.05, 0) is 56.2 Å². The van der Waals surface area contributed by atoms with Crippen molar-refractivity contribution in [2.24, 2.45) is 11.8 Å². The first-order chi connectivity index (χ1) is 13.4. The standard InChI is InChI=1S/C22H19ClN2O3/c1-13-2-7-16(8-3-13)24-20(26)14-4-9-17(10-5-14)25-21(27)18-11-6-15(23)12-19(18)22(25)28/h2-10,18-19H,11-12H2,1H3,(H,24,26)/t18-,19-/m1/s1. The molecule has 0 radical (unpaired) electrons. The van der Waals surface area contributed by atoms with E-state index in [1.807, 2.05) is 37.3 Å². The third kappa shape index (κ3) is 3.34. The van der Waals surface area contributed by atoms with Crippen LogP contribution in [0.1, 0.15) is 28.8 Å². The van der Waals surface area contributed by atoms with E-state index < -0.39 is 5.92 Å². The molecule has 0 saturated carbocycles. The molecule has 6 heteroatoms. The highest BCUT2D eigenvalue weighted by molar-refractivity contribution is 6.30. The molecular formula is C22H19ClN2O3. The molecule has 5 nitrogen and oxygen atoms in total. The van der Waals surface area contributed by atoms with Gasteiger partial charge in [-0.1, -0.05) is 35.4 Å². The molecule has 2 aromatic rings. The van der Waals surface area contributed by atoms with Crippen molar-refractivity contribution in [1.82, 2.24) is 0 Å². The van der Waals surface area contributed by atoms with Crippen LogP contribution in [0.25, 0.3) is 0 Å². The van der Waals surface area contributed by atoms with Gasteiger partial charge < -0.3 is 5.32 Å². The van der Waals surface area contributed by atoms with Gasteiger partial charge in [0, 0.05) is 16.3 Å². The van der Waals surface area contributed by atoms with Crippen LogP contribution in [-0.4, -0.2) is 17.7 Å². The third-order valence-corrected chi connectivity index (χ3v) is 5.57. The van der Waals surface area contributed by atoms with Crippen molar-refractivity contribution in [3.8, 4) is 0 Å². The van der Waals surface area contributed by atoms with Crippen molar-refractivity contribution in [1.29, 1.82) is 0 Å². The van der Waals surface area contributed by atoms with Crippen molar-refractivity contribution in [3.63, 3.8) is 0 Å². The number of halogens is 1. The van der Waals surface area contributed by atoms with Crippen LogP contribution < -0.4 is 10.2 Å². The fourth-order valence-electron chi connectivity index (χ4n) is 3.68. The molecule has 142 valence electrons. The highest BCUT2D eigenvalue weighted by Gasteiger charge is 2.48. The van der Waals surface area contributed by atoms with E-state index in [0.29, 0.717) is 34.8 Å². The predicted octanol–water partition coefficient (Wildman–Crippen LogP) is 4.27. The minimum Gasteiger partial charge on any atom is -0.322 e. The number of hydrogen-bond donors (Lipinski definition) is 1. The Bertz CT molecular complexity index is 980. The molecule has 1 aliphatic carbocycles. The van der Waals surface area contributed by atoms with Gasteiger partial charge in [-0.3, -0.25) is 19.3 Å². The maximum atomic E-state index is 12.7. The predicted molar refractivity (Wildman–Crippen MR) is 108 cm³/mol. The zero-order valence-corrected chi connectivity index (χ0v) is 16.1. The molecule has 3 amide bonds. The van der Waals surface area contributed by atoms with Crippen LogP contribution in [0.4, 0.5) is 11.4 Å². The number of carbonyl (C=O) groups is 3. The molecular weight excluding hydrogens is 376 g/mol. The van der Waals surface area contributed by atoms with Crippen molar-refractivity contribution < 1.29 is 14.4 Å². The van der Waals surface area contributed by atoms with Crippen LogP contribution in [0.15, 0.2) is 59.6 Å². The molecule has 1 fully saturated rings. The van der Waals surface area contributed by atoms with Crippen LogP contribution >= 0.6 is 11.6 Å². The molecule has 2 aromatic carbocycles. The number of rotatable bonds is 3. The second-order valence-electron chi connectivity index (χ2n) is 7.18. The van der Waals surface area contributed by atoms with Crippen molar-refractivity contribution in [2.45, 2.75) is 19.8 Å². The minimum atomic E-state index is -0.394. The maximum absolute atomic E-state index is 12.7. The number of imide groups is 1. The van der Waals surface area contributed by atoms with Crippen LogP contribution in [0.2, 0.25) is 0 Å². The van der Waals surface area contributed by atoms with E-state index in [-0.39, 0.29) is 23.6 Å². The number of allylic oxidation sites excluding steroid dienone is 2. The lowest BCUT2D eigenvalue weighted by molar-refractivity contribution is -0.122. The number of amides is 3. The summed E-state index contributed by atoms with van der Waals surface area (Å²) in [5.41, 5.74) is 2.75. The molecule has 0 bridgehead atoms. The Morgan fingerprint density at radius 3 is 2.32 bits per heavy atom. The van der Waals surface area contributed by atoms with Gasteiger partial charge in [-0.25, -0.2) is 0 Å². The highest BCUT2D eigenvalue weighted by atomic mass is 35.5. The first-order valence-electron chi connectivity index (χ1n) is 9.14. The molecule has 1 N–H and O–H groups in total. The Labute approximate surface area is 168 Å². The molecule has 1 aliphatic heterocycles. The average molecular weight is 395 g/mol. The van der Waals surface area contributed by atoms with Gasteiger partial charge in [0.2, 0.25) is 11.8 Å². The van der Waals surface area contributed by atoms with Gasteiger partial charge in [0.25, 0.3) is 5.91 Å². The molecule has 28 heavy (non-hydrogen) atoms. The second-order valence-corrected chi connectivity index (χ2v) is 7.67. The zero-order chi connectivity index (χ0) is 19.8. The fourth-order valence-corrected chi connectivity index (χ4v) is 3.94. The number of anilines is 2. The van der Waals surface area contributed by atoms with Crippen LogP contribution in [-0.2, 0) is 9.59 Å². The third-order valence-electron chi connectivity index (χ3n) is 5.27. The van der Waals surface area contributed by atoms with Gasteiger partial charge in [0.05, 0.1) is 17.5 Å². The lowest BCUT2D eigenvalue weighted by atomic mass is 9.85. The second kappa shape index (κ2) is 7.24. The average Bonchev–Trinajstić information content (AvgIpc) is 2.93. The number of aryl methyl sites for hydroxylation is 1. The molecule has 1 heterocycles. The first-order valence-corrected chi connectivity index (χ1v) is 9.52. The molecule has 0 spiro atoms. The van der Waals surface area contributed by atoms with E-state index in [9.17, 15) is 14.4 Å². The molecule has 2 aliphatic rings. The summed E-state index contributed by atoms with van der Waals surface area (Å²) in [6.07, 6.45) is 2.71. The first kappa shape index (κ1) is 18.4. The normalized spacial score (nSPS) is 21.4. The van der Waals surface area contributed by atoms with Crippen molar-refractivity contribution in [2.75, 3.05) is 10.2 Å². The molecule has 1 saturated heterocycles. The van der Waals surface area contributed by atoms with E-state index >= 15 is 0 Å². The number of fused-ring (bicyclic) bond motifs is 1. The van der Waals surface area contributed by atoms with Gasteiger partial charge >= 0.3 is 0 Å². The van der Waals surface area contributed by atoms with Crippen LogP contribution in [0, 0.1) is 18.8 Å². The monoisotopic (exact) mass is 394 g/mol. The summed E-state index contributed by atoms with van der Waals surface area (Å²) in [6.45, 7) is 1.98. The SMILES string of the molecule is Cc1ccc(NC(=O)c2ccc(N3C(=O)[C@@H]4CC=C(Cl)C[C@H]4C3=O)cc2)cc1. The van der Waals surface area contributed by atoms with Gasteiger partial charge in [0.1, 0.15) is 0 Å². The number of nitrogens with one attached hydrogen (secondary N) is 1. The van der Waals surface area contributed by atoms with Crippen molar-refractivity contribution >= 4 is 40.7 Å². The Morgan fingerprint density at radius 2 is 1.64 bits per heavy atom. The molecule has 2 atom stereocenters. The van der Waals surface area contributed by atoms with Crippen LogP contribution in [0.5, 0.6) is 0 Å². The Balaban J connectivity index is 1.50. The lowest BCUT2D eigenvalue weighted by Gasteiger charge is -2.17. The maximum Gasteiger partial charge on any atom is 0.255 e. The summed E-state index contributed by atoms with van der Waals surface area (Å²) in [5.74, 6) is -1.42. The number of hydrogen-bond acceptors (Lipinski definition) is 3. The summed E-state index contributed by atoms with van der Waals surface area (Å²) in [7, 11) is 0. The fraction of sp³-hybridized carbons (Fsp3) is 0.227. The lowest BCUT2D eigenvalue weighted by Crippen LogP contribution is -2.30. The number of nitrogens with zero attached hydrogens (tertiary/aromatic N) is 1.